The number of ketones is 1. The SMILES string of the molecule is CCCOc1ccc(/C(O)=C2/C(=O)C(=O)N(c3nnc(SCc4ccc(C)cc4)s3)C2c2cccs2)cc1. The van der Waals surface area contributed by atoms with Gasteiger partial charge in [0, 0.05) is 16.2 Å². The lowest BCUT2D eigenvalue weighted by Crippen LogP contribution is -2.29. The highest BCUT2D eigenvalue weighted by Gasteiger charge is 2.48. The highest BCUT2D eigenvalue weighted by Crippen LogP contribution is 2.45. The summed E-state index contributed by atoms with van der Waals surface area (Å²) in [6, 6.07) is 18.0. The Morgan fingerprint density at radius 3 is 2.53 bits per heavy atom. The highest BCUT2D eigenvalue weighted by molar-refractivity contribution is 8.00. The second-order valence-electron chi connectivity index (χ2n) is 8.68. The molecule has 3 heterocycles. The second kappa shape index (κ2) is 11.5. The molecule has 38 heavy (non-hydrogen) atoms. The number of aliphatic hydroxyl groups excluding tert-OH is 1. The molecule has 1 amide bonds. The van der Waals surface area contributed by atoms with Crippen molar-refractivity contribution < 1.29 is 19.4 Å². The number of hydrogen-bond acceptors (Lipinski definition) is 9. The van der Waals surface area contributed by atoms with E-state index in [0.717, 1.165) is 16.9 Å². The summed E-state index contributed by atoms with van der Waals surface area (Å²) in [5.74, 6) is -0.344. The number of thioether (sulfide) groups is 1. The van der Waals surface area contributed by atoms with Crippen molar-refractivity contribution >= 4 is 57.0 Å². The molecule has 2 aromatic heterocycles. The van der Waals surface area contributed by atoms with Crippen LogP contribution in [-0.4, -0.2) is 33.6 Å². The van der Waals surface area contributed by atoms with Crippen LogP contribution in [0.2, 0.25) is 0 Å². The number of nitrogens with zero attached hydrogens (tertiary/aromatic N) is 3. The molecule has 1 atom stereocenters. The Morgan fingerprint density at radius 2 is 1.84 bits per heavy atom. The minimum Gasteiger partial charge on any atom is -0.507 e. The smallest absolute Gasteiger partial charge is 0.301 e. The number of hydrogen-bond donors (Lipinski definition) is 1. The summed E-state index contributed by atoms with van der Waals surface area (Å²) in [5, 5.41) is 22.0. The zero-order chi connectivity index (χ0) is 26.6. The molecule has 5 rings (SSSR count). The first-order valence-corrected chi connectivity index (χ1v) is 14.7. The van der Waals surface area contributed by atoms with Crippen molar-refractivity contribution in [3.8, 4) is 5.75 Å². The van der Waals surface area contributed by atoms with Crippen LogP contribution in [0.15, 0.2) is 76.0 Å². The third-order valence-electron chi connectivity index (χ3n) is 5.94. The van der Waals surface area contributed by atoms with Crippen LogP contribution in [0, 0.1) is 6.92 Å². The second-order valence-corrected chi connectivity index (χ2v) is 11.8. The largest absolute Gasteiger partial charge is 0.507 e. The fourth-order valence-corrected chi connectivity index (χ4v) is 6.66. The summed E-state index contributed by atoms with van der Waals surface area (Å²) < 4.78 is 6.31. The summed E-state index contributed by atoms with van der Waals surface area (Å²) in [5.41, 5.74) is 2.81. The van der Waals surface area contributed by atoms with E-state index in [1.807, 2.05) is 31.4 Å². The van der Waals surface area contributed by atoms with E-state index >= 15 is 0 Å². The van der Waals surface area contributed by atoms with E-state index in [0.29, 0.717) is 33.1 Å². The van der Waals surface area contributed by atoms with Gasteiger partial charge in [-0.2, -0.15) is 0 Å². The van der Waals surface area contributed by atoms with E-state index in [4.69, 9.17) is 4.74 Å². The molecule has 4 aromatic rings. The van der Waals surface area contributed by atoms with E-state index in [9.17, 15) is 14.7 Å². The Labute approximate surface area is 232 Å². The lowest BCUT2D eigenvalue weighted by molar-refractivity contribution is -0.132. The van der Waals surface area contributed by atoms with E-state index in [2.05, 4.69) is 34.5 Å². The van der Waals surface area contributed by atoms with Crippen LogP contribution in [0.1, 0.15) is 41.0 Å². The minimum atomic E-state index is -0.797. The summed E-state index contributed by atoms with van der Waals surface area (Å²) in [4.78, 5) is 28.7. The molecule has 0 aliphatic carbocycles. The standard InChI is InChI=1S/C28H25N3O4S3/c1-3-14-35-20-12-10-19(11-13-20)24(32)22-23(21-5-4-15-36-21)31(26(34)25(22)33)27-29-30-28(38-27)37-16-18-8-6-17(2)7-9-18/h4-13,15,23,32H,3,14,16H2,1-2H3/b24-22-. The molecule has 0 bridgehead atoms. The predicted octanol–water partition coefficient (Wildman–Crippen LogP) is 6.62. The number of aryl methyl sites for hydroxylation is 1. The molecule has 0 radical (unpaired) electrons. The van der Waals surface area contributed by atoms with Gasteiger partial charge in [-0.05, 0) is 54.6 Å². The molecular weight excluding hydrogens is 539 g/mol. The molecule has 194 valence electrons. The van der Waals surface area contributed by atoms with Crippen molar-refractivity contribution in [3.63, 3.8) is 0 Å². The summed E-state index contributed by atoms with van der Waals surface area (Å²) in [6.07, 6.45) is 0.879. The van der Waals surface area contributed by atoms with Gasteiger partial charge in [0.25, 0.3) is 5.78 Å². The Bertz CT molecular complexity index is 1460. The fraction of sp³-hybridized carbons (Fsp3) is 0.214. The van der Waals surface area contributed by atoms with E-state index in [1.165, 1.54) is 44.9 Å². The molecular formula is C28H25N3O4S3. The summed E-state index contributed by atoms with van der Waals surface area (Å²) in [7, 11) is 0. The average molecular weight is 564 g/mol. The maximum Gasteiger partial charge on any atom is 0.301 e. The Hall–Kier alpha value is -3.47. The number of amides is 1. The molecule has 1 unspecified atom stereocenters. The van der Waals surface area contributed by atoms with E-state index in [1.54, 1.807) is 24.3 Å². The van der Waals surface area contributed by atoms with Crippen LogP contribution in [0.25, 0.3) is 5.76 Å². The maximum atomic E-state index is 13.3. The Morgan fingerprint density at radius 1 is 1.08 bits per heavy atom. The Kier molecular flexibility index (Phi) is 7.92. The first-order valence-electron chi connectivity index (χ1n) is 12.1. The first-order chi connectivity index (χ1) is 18.5. The van der Waals surface area contributed by atoms with Crippen molar-refractivity contribution in [1.29, 1.82) is 0 Å². The molecule has 7 nitrogen and oxygen atoms in total. The van der Waals surface area contributed by atoms with Gasteiger partial charge in [0.15, 0.2) is 4.34 Å². The molecule has 1 fully saturated rings. The number of rotatable bonds is 9. The van der Waals surface area contributed by atoms with Gasteiger partial charge in [0.2, 0.25) is 5.13 Å². The zero-order valence-corrected chi connectivity index (χ0v) is 23.2. The van der Waals surface area contributed by atoms with Crippen LogP contribution in [-0.2, 0) is 15.3 Å². The van der Waals surface area contributed by atoms with Crippen LogP contribution in [0.5, 0.6) is 5.75 Å². The van der Waals surface area contributed by atoms with Gasteiger partial charge in [-0.15, -0.1) is 21.5 Å². The number of benzene rings is 2. The van der Waals surface area contributed by atoms with Gasteiger partial charge in [-0.25, -0.2) is 0 Å². The summed E-state index contributed by atoms with van der Waals surface area (Å²) >= 11 is 4.18. The van der Waals surface area contributed by atoms with Crippen molar-refractivity contribution in [2.75, 3.05) is 11.5 Å². The van der Waals surface area contributed by atoms with Crippen LogP contribution < -0.4 is 9.64 Å². The number of aromatic nitrogens is 2. The topological polar surface area (TPSA) is 92.6 Å². The summed E-state index contributed by atoms with van der Waals surface area (Å²) in [6.45, 7) is 4.65. The number of carbonyl (C=O) groups excluding carboxylic acids is 2. The molecule has 1 N–H and O–H groups in total. The van der Waals surface area contributed by atoms with Gasteiger partial charge in [-0.3, -0.25) is 14.5 Å². The number of ether oxygens (including phenoxy) is 1. The van der Waals surface area contributed by atoms with E-state index < -0.39 is 17.7 Å². The molecule has 2 aromatic carbocycles. The third-order valence-corrected chi connectivity index (χ3v) is 8.99. The van der Waals surface area contributed by atoms with Crippen LogP contribution in [0.3, 0.4) is 0 Å². The number of anilines is 1. The first kappa shape index (κ1) is 26.1. The van der Waals surface area contributed by atoms with Gasteiger partial charge >= 0.3 is 5.91 Å². The number of aliphatic hydroxyl groups is 1. The van der Waals surface area contributed by atoms with Gasteiger partial charge in [-0.1, -0.05) is 65.9 Å². The normalized spacial score (nSPS) is 16.8. The zero-order valence-electron chi connectivity index (χ0n) is 20.8. The monoisotopic (exact) mass is 563 g/mol. The van der Waals surface area contributed by atoms with Crippen molar-refractivity contribution in [2.24, 2.45) is 0 Å². The molecule has 1 aliphatic heterocycles. The lowest BCUT2D eigenvalue weighted by atomic mass is 10.00. The quantitative estimate of drug-likeness (QED) is 0.0805. The number of Topliss-reactive ketones (excluding diaryl/α,β-unsaturated/α-hetero) is 1. The van der Waals surface area contributed by atoms with Crippen LogP contribution in [0.4, 0.5) is 5.13 Å². The minimum absolute atomic E-state index is 0.0312. The maximum absolute atomic E-state index is 13.3. The van der Waals surface area contributed by atoms with Gasteiger partial charge in [0.05, 0.1) is 12.2 Å². The third kappa shape index (κ3) is 5.38. The fourth-order valence-electron chi connectivity index (χ4n) is 4.02. The lowest BCUT2D eigenvalue weighted by Gasteiger charge is -2.20. The average Bonchev–Trinajstić information content (AvgIpc) is 3.68. The van der Waals surface area contributed by atoms with Crippen LogP contribution >= 0.6 is 34.4 Å². The number of carbonyl (C=O) groups is 2. The molecule has 0 spiro atoms. The molecule has 1 saturated heterocycles. The van der Waals surface area contributed by atoms with Crippen molar-refractivity contribution in [1.82, 2.24) is 10.2 Å². The Balaban J connectivity index is 1.46. The van der Waals surface area contributed by atoms with Gasteiger partial charge in [0.1, 0.15) is 17.6 Å². The van der Waals surface area contributed by atoms with Crippen molar-refractivity contribution in [2.45, 2.75) is 36.4 Å². The molecule has 1 aliphatic rings. The predicted molar refractivity (Wildman–Crippen MR) is 152 cm³/mol. The van der Waals surface area contributed by atoms with Gasteiger partial charge < -0.3 is 9.84 Å². The highest BCUT2D eigenvalue weighted by atomic mass is 32.2. The number of thiophene rings is 1. The molecule has 0 saturated carbocycles. The molecule has 10 heteroatoms. The van der Waals surface area contributed by atoms with E-state index in [-0.39, 0.29) is 11.3 Å². The van der Waals surface area contributed by atoms with Crippen molar-refractivity contribution in [3.05, 3.63) is 93.2 Å².